The van der Waals surface area contributed by atoms with Crippen LogP contribution in [0.25, 0.3) is 10.6 Å². The van der Waals surface area contributed by atoms with Crippen LogP contribution in [0.15, 0.2) is 29.6 Å². The Hall–Kier alpha value is -2.41. The van der Waals surface area contributed by atoms with E-state index in [0.717, 1.165) is 16.3 Å². The highest BCUT2D eigenvalue weighted by atomic mass is 32.1. The van der Waals surface area contributed by atoms with E-state index in [0.29, 0.717) is 38.2 Å². The summed E-state index contributed by atoms with van der Waals surface area (Å²) < 4.78 is 5.43. The molecule has 132 valence electrons. The van der Waals surface area contributed by atoms with Crippen LogP contribution < -0.4 is 4.74 Å². The Bertz CT molecular complexity index is 749. The molecule has 0 atom stereocenters. The van der Waals surface area contributed by atoms with Gasteiger partial charge in [0.25, 0.3) is 5.91 Å². The predicted molar refractivity (Wildman–Crippen MR) is 95.0 cm³/mol. The van der Waals surface area contributed by atoms with Crippen LogP contribution in [-0.4, -0.2) is 46.6 Å². The lowest BCUT2D eigenvalue weighted by molar-refractivity contribution is -0.143. The summed E-state index contributed by atoms with van der Waals surface area (Å²) in [6, 6.07) is 7.63. The molecule has 7 heteroatoms. The highest BCUT2D eigenvalue weighted by Crippen LogP contribution is 2.27. The smallest absolute Gasteiger partial charge is 0.306 e. The first kappa shape index (κ1) is 17.4. The monoisotopic (exact) mass is 360 g/mol. The second-order valence-electron chi connectivity index (χ2n) is 5.90. The number of nitrogens with zero attached hydrogens (tertiary/aromatic N) is 2. The number of aliphatic carboxylic acids is 1. The third kappa shape index (κ3) is 3.99. The van der Waals surface area contributed by atoms with Crippen molar-refractivity contribution in [3.05, 3.63) is 35.3 Å². The van der Waals surface area contributed by atoms with Gasteiger partial charge < -0.3 is 14.7 Å². The summed E-state index contributed by atoms with van der Waals surface area (Å²) in [4.78, 5) is 29.7. The molecule has 6 nitrogen and oxygen atoms in total. The molecule has 2 heterocycles. The van der Waals surface area contributed by atoms with Gasteiger partial charge in [-0.3, -0.25) is 9.59 Å². The first-order chi connectivity index (χ1) is 12.1. The summed E-state index contributed by atoms with van der Waals surface area (Å²) in [6.45, 7) is 3.48. The summed E-state index contributed by atoms with van der Waals surface area (Å²) in [5.41, 5.74) is 1.36. The number of hydrogen-bond acceptors (Lipinski definition) is 5. The number of amides is 1. The molecule has 1 aliphatic rings. The summed E-state index contributed by atoms with van der Waals surface area (Å²) in [5, 5.41) is 11.6. The number of carbonyl (C=O) groups is 2. The SMILES string of the molecule is CCOc1ccc(-c2nc(C(=O)N3CCC(C(=O)O)CC3)cs2)cc1. The minimum atomic E-state index is -0.779. The number of likely N-dealkylation sites (tertiary alicyclic amines) is 1. The van der Waals surface area contributed by atoms with Crippen LogP contribution in [-0.2, 0) is 4.79 Å². The fourth-order valence-corrected chi connectivity index (χ4v) is 3.66. The highest BCUT2D eigenvalue weighted by molar-refractivity contribution is 7.13. The molecule has 0 radical (unpaired) electrons. The van der Waals surface area contributed by atoms with Crippen molar-refractivity contribution in [1.82, 2.24) is 9.88 Å². The van der Waals surface area contributed by atoms with Gasteiger partial charge >= 0.3 is 5.97 Å². The molecule has 0 bridgehead atoms. The van der Waals surface area contributed by atoms with Gasteiger partial charge in [0.05, 0.1) is 12.5 Å². The summed E-state index contributed by atoms with van der Waals surface area (Å²) >= 11 is 1.43. The molecule has 1 amide bonds. The van der Waals surface area contributed by atoms with Crippen LogP contribution in [0.4, 0.5) is 0 Å². The van der Waals surface area contributed by atoms with E-state index < -0.39 is 5.97 Å². The van der Waals surface area contributed by atoms with Crippen LogP contribution in [0.3, 0.4) is 0 Å². The molecule has 1 N–H and O–H groups in total. The van der Waals surface area contributed by atoms with E-state index >= 15 is 0 Å². The number of carbonyl (C=O) groups excluding carboxylic acids is 1. The third-order valence-electron chi connectivity index (χ3n) is 4.27. The van der Waals surface area contributed by atoms with E-state index in [1.807, 2.05) is 31.2 Å². The third-order valence-corrected chi connectivity index (χ3v) is 5.16. The lowest BCUT2D eigenvalue weighted by Crippen LogP contribution is -2.40. The van der Waals surface area contributed by atoms with Gasteiger partial charge in [0.1, 0.15) is 16.5 Å². The fourth-order valence-electron chi connectivity index (χ4n) is 2.86. The second-order valence-corrected chi connectivity index (χ2v) is 6.76. The molecular weight excluding hydrogens is 340 g/mol. The summed E-state index contributed by atoms with van der Waals surface area (Å²) in [5.74, 6) is -0.449. The summed E-state index contributed by atoms with van der Waals surface area (Å²) in [6.07, 6.45) is 0.994. The van der Waals surface area contributed by atoms with Crippen molar-refractivity contribution in [2.75, 3.05) is 19.7 Å². The topological polar surface area (TPSA) is 79.7 Å². The van der Waals surface area contributed by atoms with Crippen LogP contribution >= 0.6 is 11.3 Å². The lowest BCUT2D eigenvalue weighted by Gasteiger charge is -2.29. The molecule has 1 aromatic carbocycles. The number of carboxylic acids is 1. The standard InChI is InChI=1S/C18H20N2O4S/c1-2-24-14-5-3-12(4-6-14)16-19-15(11-25-16)17(21)20-9-7-13(8-10-20)18(22)23/h3-6,11,13H,2,7-10H2,1H3,(H,22,23). The van der Waals surface area contributed by atoms with Crippen LogP contribution in [0.5, 0.6) is 5.75 Å². The van der Waals surface area contributed by atoms with Crippen LogP contribution in [0, 0.1) is 5.92 Å². The summed E-state index contributed by atoms with van der Waals surface area (Å²) in [7, 11) is 0. The Balaban J connectivity index is 1.66. The fraction of sp³-hybridized carbons (Fsp3) is 0.389. The van der Waals surface area contributed by atoms with E-state index in [4.69, 9.17) is 9.84 Å². The zero-order chi connectivity index (χ0) is 17.8. The maximum Gasteiger partial charge on any atom is 0.306 e. The molecule has 0 aliphatic carbocycles. The number of carboxylic acid groups (broad SMARTS) is 1. The van der Waals surface area contributed by atoms with Crippen molar-refractivity contribution in [3.63, 3.8) is 0 Å². The molecule has 0 unspecified atom stereocenters. The first-order valence-electron chi connectivity index (χ1n) is 8.29. The van der Waals surface area contributed by atoms with Crippen molar-refractivity contribution >= 4 is 23.2 Å². The molecule has 25 heavy (non-hydrogen) atoms. The molecule has 1 fully saturated rings. The zero-order valence-electron chi connectivity index (χ0n) is 14.0. The highest BCUT2D eigenvalue weighted by Gasteiger charge is 2.28. The van der Waals surface area contributed by atoms with Crippen molar-refractivity contribution in [2.24, 2.45) is 5.92 Å². The lowest BCUT2D eigenvalue weighted by atomic mass is 9.97. The van der Waals surface area contributed by atoms with Crippen molar-refractivity contribution in [3.8, 4) is 16.3 Å². The Labute approximate surface area is 150 Å². The van der Waals surface area contributed by atoms with Gasteiger partial charge in [0, 0.05) is 24.0 Å². The van der Waals surface area contributed by atoms with Gasteiger partial charge in [-0.15, -0.1) is 11.3 Å². The largest absolute Gasteiger partial charge is 0.494 e. The van der Waals surface area contributed by atoms with Crippen LogP contribution in [0.2, 0.25) is 0 Å². The van der Waals surface area contributed by atoms with Gasteiger partial charge in [0.15, 0.2) is 0 Å². The number of aromatic nitrogens is 1. The number of hydrogen-bond donors (Lipinski definition) is 1. The predicted octanol–water partition coefficient (Wildman–Crippen LogP) is 3.15. The number of rotatable bonds is 5. The Morgan fingerprint density at radius 1 is 1.28 bits per heavy atom. The van der Waals surface area contributed by atoms with Crippen molar-refractivity contribution < 1.29 is 19.4 Å². The molecule has 1 aromatic heterocycles. The van der Waals surface area contributed by atoms with E-state index in [1.165, 1.54) is 11.3 Å². The molecule has 3 rings (SSSR count). The number of benzene rings is 1. The Kier molecular flexibility index (Phi) is 5.33. The minimum Gasteiger partial charge on any atom is -0.494 e. The first-order valence-corrected chi connectivity index (χ1v) is 9.17. The Morgan fingerprint density at radius 3 is 2.56 bits per heavy atom. The quantitative estimate of drug-likeness (QED) is 0.886. The average Bonchev–Trinajstić information content (AvgIpc) is 3.12. The number of ether oxygens (including phenoxy) is 1. The molecule has 2 aromatic rings. The molecule has 0 spiro atoms. The number of thiazole rings is 1. The van der Waals surface area contributed by atoms with Crippen molar-refractivity contribution in [2.45, 2.75) is 19.8 Å². The maximum atomic E-state index is 12.6. The number of piperidine rings is 1. The van der Waals surface area contributed by atoms with E-state index in [1.54, 1.807) is 10.3 Å². The maximum absolute atomic E-state index is 12.6. The molecule has 0 saturated carbocycles. The normalized spacial score (nSPS) is 15.2. The van der Waals surface area contributed by atoms with E-state index in [-0.39, 0.29) is 11.8 Å². The van der Waals surface area contributed by atoms with E-state index in [9.17, 15) is 9.59 Å². The average molecular weight is 360 g/mol. The van der Waals surface area contributed by atoms with Gasteiger partial charge in [0.2, 0.25) is 0 Å². The van der Waals surface area contributed by atoms with Gasteiger partial charge in [-0.05, 0) is 44.0 Å². The minimum absolute atomic E-state index is 0.128. The molecular formula is C18H20N2O4S. The van der Waals surface area contributed by atoms with Crippen molar-refractivity contribution in [1.29, 1.82) is 0 Å². The second kappa shape index (κ2) is 7.65. The molecule has 1 aliphatic heterocycles. The van der Waals surface area contributed by atoms with Gasteiger partial charge in [-0.25, -0.2) is 4.98 Å². The zero-order valence-corrected chi connectivity index (χ0v) is 14.8. The van der Waals surface area contributed by atoms with Gasteiger partial charge in [-0.2, -0.15) is 0 Å². The Morgan fingerprint density at radius 2 is 1.96 bits per heavy atom. The van der Waals surface area contributed by atoms with Crippen LogP contribution in [0.1, 0.15) is 30.3 Å². The molecule has 1 saturated heterocycles. The van der Waals surface area contributed by atoms with Gasteiger partial charge in [-0.1, -0.05) is 0 Å². The van der Waals surface area contributed by atoms with E-state index in [2.05, 4.69) is 4.98 Å².